The molecule has 3 aromatic rings. The lowest BCUT2D eigenvalue weighted by molar-refractivity contribution is -0.137. The van der Waals surface area contributed by atoms with Gasteiger partial charge in [-0.1, -0.05) is 31.0 Å². The van der Waals surface area contributed by atoms with Crippen molar-refractivity contribution in [2.75, 3.05) is 19.6 Å². The third-order valence-electron chi connectivity index (χ3n) is 6.81. The van der Waals surface area contributed by atoms with Gasteiger partial charge in [0.05, 0.1) is 11.1 Å². The number of hydrogen-bond donors (Lipinski definition) is 0. The number of fused-ring (bicyclic) bond motifs is 1. The maximum atomic E-state index is 14.6. The van der Waals surface area contributed by atoms with Crippen molar-refractivity contribution in [3.63, 3.8) is 0 Å². The topological polar surface area (TPSA) is 62.6 Å². The summed E-state index contributed by atoms with van der Waals surface area (Å²) in [5.74, 6) is -1.12. The number of benzene rings is 2. The molecule has 0 N–H and O–H groups in total. The normalized spacial score (nSPS) is 17.2. The fourth-order valence-corrected chi connectivity index (χ4v) is 5.06. The zero-order valence-corrected chi connectivity index (χ0v) is 18.4. The molecule has 2 amide bonds. The van der Waals surface area contributed by atoms with Crippen LogP contribution in [0.5, 0.6) is 0 Å². The van der Waals surface area contributed by atoms with Crippen molar-refractivity contribution in [3.05, 3.63) is 81.9 Å². The van der Waals surface area contributed by atoms with Crippen molar-refractivity contribution >= 4 is 22.7 Å². The van der Waals surface area contributed by atoms with Crippen LogP contribution in [-0.4, -0.2) is 51.9 Å². The molecule has 2 aromatic carbocycles. The average molecular weight is 448 g/mol. The molecule has 2 heterocycles. The van der Waals surface area contributed by atoms with E-state index < -0.39 is 11.7 Å². The monoisotopic (exact) mass is 447 g/mol. The van der Waals surface area contributed by atoms with E-state index >= 15 is 0 Å². The number of nitrogens with zero attached hydrogens (tertiary/aromatic N) is 3. The van der Waals surface area contributed by atoms with Crippen LogP contribution in [0.4, 0.5) is 4.39 Å². The molecule has 2 aliphatic rings. The fourth-order valence-electron chi connectivity index (χ4n) is 5.06. The highest BCUT2D eigenvalue weighted by atomic mass is 19.1. The van der Waals surface area contributed by atoms with E-state index in [1.165, 1.54) is 17.0 Å². The molecule has 2 fully saturated rings. The summed E-state index contributed by atoms with van der Waals surface area (Å²) in [6, 6.07) is 13.6. The SMILES string of the molecule is O=C(c1cc(Cn2ccc(=O)c3ccccc32)ccc1F)N1CCN(C2CCCC2)C(=O)C1. The first-order valence-corrected chi connectivity index (χ1v) is 11.5. The van der Waals surface area contributed by atoms with Gasteiger partial charge in [-0.2, -0.15) is 0 Å². The predicted octanol–water partition coefficient (Wildman–Crippen LogP) is 3.42. The minimum absolute atomic E-state index is 0.0106. The van der Waals surface area contributed by atoms with Crippen molar-refractivity contribution in [1.29, 1.82) is 0 Å². The fraction of sp³-hybridized carbons (Fsp3) is 0.346. The lowest BCUT2D eigenvalue weighted by atomic mass is 10.1. The van der Waals surface area contributed by atoms with E-state index in [1.54, 1.807) is 24.4 Å². The summed E-state index contributed by atoms with van der Waals surface area (Å²) < 4.78 is 16.6. The quantitative estimate of drug-likeness (QED) is 0.616. The molecule has 0 radical (unpaired) electrons. The Morgan fingerprint density at radius 2 is 1.79 bits per heavy atom. The summed E-state index contributed by atoms with van der Waals surface area (Å²) in [6.07, 6.45) is 6.03. The lowest BCUT2D eigenvalue weighted by Gasteiger charge is -2.37. The van der Waals surface area contributed by atoms with Crippen molar-refractivity contribution < 1.29 is 14.0 Å². The highest BCUT2D eigenvalue weighted by Crippen LogP contribution is 2.25. The molecule has 0 bridgehead atoms. The Balaban J connectivity index is 1.36. The summed E-state index contributed by atoms with van der Waals surface area (Å²) >= 11 is 0. The number of rotatable bonds is 4. The van der Waals surface area contributed by atoms with E-state index in [0.29, 0.717) is 25.0 Å². The molecule has 170 valence electrons. The summed E-state index contributed by atoms with van der Waals surface area (Å²) in [4.78, 5) is 41.3. The third kappa shape index (κ3) is 4.15. The summed E-state index contributed by atoms with van der Waals surface area (Å²) in [7, 11) is 0. The van der Waals surface area contributed by atoms with E-state index in [0.717, 1.165) is 36.8 Å². The van der Waals surface area contributed by atoms with Gasteiger partial charge in [0.15, 0.2) is 5.43 Å². The number of para-hydroxylation sites is 1. The first kappa shape index (κ1) is 21.4. The van der Waals surface area contributed by atoms with Gasteiger partial charge in [0.25, 0.3) is 5.91 Å². The van der Waals surface area contributed by atoms with Crippen LogP contribution >= 0.6 is 0 Å². The highest BCUT2D eigenvalue weighted by Gasteiger charge is 2.33. The van der Waals surface area contributed by atoms with Gasteiger partial charge in [0, 0.05) is 43.3 Å². The maximum absolute atomic E-state index is 14.6. The number of halogens is 1. The van der Waals surface area contributed by atoms with Crippen LogP contribution in [0.25, 0.3) is 10.9 Å². The molecule has 0 unspecified atom stereocenters. The zero-order valence-electron chi connectivity index (χ0n) is 18.4. The van der Waals surface area contributed by atoms with Crippen LogP contribution in [-0.2, 0) is 11.3 Å². The maximum Gasteiger partial charge on any atom is 0.257 e. The van der Waals surface area contributed by atoms with Gasteiger partial charge >= 0.3 is 0 Å². The molecule has 1 aliphatic carbocycles. The van der Waals surface area contributed by atoms with E-state index in [-0.39, 0.29) is 29.5 Å². The summed E-state index contributed by atoms with van der Waals surface area (Å²) in [6.45, 7) is 1.29. The highest BCUT2D eigenvalue weighted by molar-refractivity contribution is 5.97. The second-order valence-corrected chi connectivity index (χ2v) is 8.89. The van der Waals surface area contributed by atoms with E-state index in [9.17, 15) is 18.8 Å². The first-order valence-electron chi connectivity index (χ1n) is 11.5. The van der Waals surface area contributed by atoms with Crippen LogP contribution in [0.15, 0.2) is 59.5 Å². The molecule has 1 aromatic heterocycles. The molecule has 1 saturated heterocycles. The van der Waals surface area contributed by atoms with Crippen molar-refractivity contribution in [3.8, 4) is 0 Å². The minimum Gasteiger partial charge on any atom is -0.343 e. The first-order chi connectivity index (χ1) is 16.0. The Bertz CT molecular complexity index is 1280. The summed E-state index contributed by atoms with van der Waals surface area (Å²) in [5, 5.41) is 0.608. The van der Waals surface area contributed by atoms with Gasteiger partial charge in [0.1, 0.15) is 12.4 Å². The Morgan fingerprint density at radius 3 is 2.58 bits per heavy atom. The van der Waals surface area contributed by atoms with Gasteiger partial charge in [-0.15, -0.1) is 0 Å². The second kappa shape index (κ2) is 8.81. The number of aromatic nitrogens is 1. The van der Waals surface area contributed by atoms with Gasteiger partial charge < -0.3 is 14.4 Å². The Labute approximate surface area is 191 Å². The van der Waals surface area contributed by atoms with E-state index in [1.807, 2.05) is 27.7 Å². The number of pyridine rings is 1. The number of hydrogen-bond acceptors (Lipinski definition) is 3. The largest absolute Gasteiger partial charge is 0.343 e. The molecule has 5 rings (SSSR count). The summed E-state index contributed by atoms with van der Waals surface area (Å²) in [5.41, 5.74) is 1.43. The van der Waals surface area contributed by atoms with Crippen LogP contribution in [0.3, 0.4) is 0 Å². The van der Waals surface area contributed by atoms with E-state index in [2.05, 4.69) is 0 Å². The molecule has 33 heavy (non-hydrogen) atoms. The Hall–Kier alpha value is -3.48. The van der Waals surface area contributed by atoms with Crippen LogP contribution in [0, 0.1) is 5.82 Å². The van der Waals surface area contributed by atoms with Crippen molar-refractivity contribution in [2.24, 2.45) is 0 Å². The molecular weight excluding hydrogens is 421 g/mol. The van der Waals surface area contributed by atoms with Gasteiger partial charge in [0.2, 0.25) is 5.91 Å². The average Bonchev–Trinajstić information content (AvgIpc) is 3.36. The van der Waals surface area contributed by atoms with Gasteiger partial charge in [-0.05, 0) is 42.7 Å². The lowest BCUT2D eigenvalue weighted by Crippen LogP contribution is -2.55. The Kier molecular flexibility index (Phi) is 5.70. The molecule has 7 heteroatoms. The van der Waals surface area contributed by atoms with Crippen LogP contribution in [0.1, 0.15) is 41.6 Å². The van der Waals surface area contributed by atoms with E-state index in [4.69, 9.17) is 0 Å². The third-order valence-corrected chi connectivity index (χ3v) is 6.81. The zero-order chi connectivity index (χ0) is 22.9. The predicted molar refractivity (Wildman–Crippen MR) is 124 cm³/mol. The second-order valence-electron chi connectivity index (χ2n) is 8.89. The van der Waals surface area contributed by atoms with Gasteiger partial charge in [-0.3, -0.25) is 14.4 Å². The Morgan fingerprint density at radius 1 is 1.00 bits per heavy atom. The molecule has 1 saturated carbocycles. The molecule has 0 spiro atoms. The molecular formula is C26H26FN3O3. The smallest absolute Gasteiger partial charge is 0.257 e. The molecule has 6 nitrogen and oxygen atoms in total. The van der Waals surface area contributed by atoms with Gasteiger partial charge in [-0.25, -0.2) is 4.39 Å². The molecule has 1 aliphatic heterocycles. The van der Waals surface area contributed by atoms with Crippen molar-refractivity contribution in [1.82, 2.24) is 14.4 Å². The standard InChI is InChI=1S/C26H26FN3O3/c27-22-10-9-18(16-28-12-11-24(31)20-7-3-4-8-23(20)28)15-21(22)26(33)29-13-14-30(25(32)17-29)19-5-1-2-6-19/h3-4,7-12,15,19H,1-2,5-6,13-14,16-17H2. The van der Waals surface area contributed by atoms with Crippen LogP contribution < -0.4 is 5.43 Å². The number of amides is 2. The van der Waals surface area contributed by atoms with Crippen molar-refractivity contribution in [2.45, 2.75) is 38.3 Å². The number of carbonyl (C=O) groups is 2. The molecule has 0 atom stereocenters. The number of carbonyl (C=O) groups excluding carboxylic acids is 2. The number of piperazine rings is 1. The van der Waals surface area contributed by atoms with Crippen LogP contribution in [0.2, 0.25) is 0 Å². The minimum atomic E-state index is -0.598.